The van der Waals surface area contributed by atoms with Gasteiger partial charge in [0.2, 0.25) is 0 Å². The van der Waals surface area contributed by atoms with Gasteiger partial charge in [-0.3, -0.25) is 0 Å². The van der Waals surface area contributed by atoms with Crippen LogP contribution >= 0.6 is 0 Å². The van der Waals surface area contributed by atoms with E-state index in [4.69, 9.17) is 119 Å². The van der Waals surface area contributed by atoms with Gasteiger partial charge in [0.25, 0.3) is 0 Å². The van der Waals surface area contributed by atoms with Crippen molar-refractivity contribution in [2.75, 3.05) is 317 Å². The molecule has 0 aromatic heterocycles. The Labute approximate surface area is 501 Å². The predicted octanol–water partition coefficient (Wildman–Crippen LogP) is 1.94. The van der Waals surface area contributed by atoms with Crippen LogP contribution in [0.4, 0.5) is 4.79 Å². The van der Waals surface area contributed by atoms with Crippen LogP contribution in [0.15, 0.2) is 12.2 Å². The Morgan fingerprint density at radius 1 is 0.274 bits per heavy atom. The monoisotopic (exact) mass is 1220 g/mol. The van der Waals surface area contributed by atoms with Crippen LogP contribution in [0.2, 0.25) is 0 Å². The Balaban J connectivity index is 1.59. The van der Waals surface area contributed by atoms with Gasteiger partial charge in [0.05, 0.1) is 304 Å². The average Bonchev–Trinajstić information content (AvgIpc) is 3.49. The minimum absolute atomic E-state index is 0.0162. The molecule has 1 aliphatic carbocycles. The lowest BCUT2D eigenvalue weighted by molar-refractivity contribution is -0.0318. The highest BCUT2D eigenvalue weighted by Gasteiger charge is 2.14. The molecule has 0 aromatic rings. The van der Waals surface area contributed by atoms with Crippen molar-refractivity contribution in [3.63, 3.8) is 0 Å². The molecule has 84 heavy (non-hydrogen) atoms. The minimum atomic E-state index is -0.382. The highest BCUT2D eigenvalue weighted by atomic mass is 16.6. The molecule has 0 bridgehead atoms. The number of alkyl carbamates (subject to hydrolysis) is 1. The Kier molecular flexibility index (Phi) is 70.1. The fourth-order valence-corrected chi connectivity index (χ4v) is 6.69. The maximum absolute atomic E-state index is 12.0. The van der Waals surface area contributed by atoms with Crippen molar-refractivity contribution < 1.29 is 118 Å². The maximum atomic E-state index is 12.0. The molecular weight excluding hydrogens is 1110 g/mol. The summed E-state index contributed by atoms with van der Waals surface area (Å²) in [5.74, 6) is 0. The highest BCUT2D eigenvalue weighted by Crippen LogP contribution is 2.15. The molecule has 0 saturated heterocycles. The maximum Gasteiger partial charge on any atom is 0.407 e. The molecule has 1 unspecified atom stereocenters. The van der Waals surface area contributed by atoms with Gasteiger partial charge in [0.1, 0.15) is 6.10 Å². The summed E-state index contributed by atoms with van der Waals surface area (Å²) in [4.78, 5) is 12.0. The van der Waals surface area contributed by atoms with Crippen molar-refractivity contribution in [2.45, 2.75) is 38.2 Å². The van der Waals surface area contributed by atoms with E-state index in [0.29, 0.717) is 317 Å². The average molecular weight is 1230 g/mol. The van der Waals surface area contributed by atoms with Gasteiger partial charge in [-0.25, -0.2) is 4.79 Å². The van der Waals surface area contributed by atoms with Crippen LogP contribution in [-0.4, -0.2) is 329 Å². The molecule has 1 atom stereocenters. The summed E-state index contributed by atoms with van der Waals surface area (Å²) in [7, 11) is 0. The van der Waals surface area contributed by atoms with E-state index in [1.807, 2.05) is 0 Å². The molecule has 0 spiro atoms. The standard InChI is InChI=1S/C57H112N2O25/c58-8-10-61-12-14-63-16-18-65-20-22-67-24-26-69-28-30-71-32-34-73-36-38-75-40-42-77-44-46-79-48-50-81-52-54-83-55-53-82-51-49-80-47-45-78-43-41-76-39-37-74-35-33-72-31-29-70-27-25-68-23-21-66-19-17-64-15-13-62-11-9-59-57(60)84-56-6-4-2-1-3-5-7-56/h1-2,56H,3-55,58H2,(H,59,60)/b2-1-. The zero-order chi connectivity index (χ0) is 59.7. The molecule has 0 saturated carbocycles. The summed E-state index contributed by atoms with van der Waals surface area (Å²) >= 11 is 0. The molecule has 500 valence electrons. The molecule has 1 aliphatic rings. The van der Waals surface area contributed by atoms with Crippen LogP contribution in [0.5, 0.6) is 0 Å². The second-order valence-corrected chi connectivity index (χ2v) is 17.8. The van der Waals surface area contributed by atoms with Crippen molar-refractivity contribution in [1.29, 1.82) is 0 Å². The third kappa shape index (κ3) is 69.2. The first-order valence-electron chi connectivity index (χ1n) is 30.4. The predicted molar refractivity (Wildman–Crippen MR) is 308 cm³/mol. The van der Waals surface area contributed by atoms with E-state index in [1.165, 1.54) is 0 Å². The Morgan fingerprint density at radius 3 is 0.679 bits per heavy atom. The summed E-state index contributed by atoms with van der Waals surface area (Å²) in [5.41, 5.74) is 5.35. The number of amides is 1. The number of nitrogens with one attached hydrogen (secondary N) is 1. The van der Waals surface area contributed by atoms with Crippen LogP contribution < -0.4 is 11.1 Å². The van der Waals surface area contributed by atoms with Crippen LogP contribution in [0.1, 0.15) is 32.1 Å². The number of allylic oxidation sites excluding steroid dienone is 2. The number of ether oxygens (including phenoxy) is 24. The fraction of sp³-hybridized carbons (Fsp3) is 0.947. The largest absolute Gasteiger partial charge is 0.446 e. The van der Waals surface area contributed by atoms with Gasteiger partial charge in [-0.1, -0.05) is 12.2 Å². The van der Waals surface area contributed by atoms with Gasteiger partial charge in [0.15, 0.2) is 0 Å². The molecule has 1 rings (SSSR count). The van der Waals surface area contributed by atoms with E-state index >= 15 is 0 Å². The smallest absolute Gasteiger partial charge is 0.407 e. The SMILES string of the molecule is NCCOCCOCCOCCOCCOCCOCCOCCOCCOCCOCCOCCOCCOCCOCCOCCOCCOCCOCCOCCOCCOCCOCCOCCNC(=O)OC1CC/C=C\CCC1. The molecule has 0 aliphatic heterocycles. The van der Waals surface area contributed by atoms with E-state index in [1.54, 1.807) is 0 Å². The summed E-state index contributed by atoms with van der Waals surface area (Å²) in [6.07, 6.45) is 8.76. The first-order valence-corrected chi connectivity index (χ1v) is 30.4. The summed E-state index contributed by atoms with van der Waals surface area (Å²) in [5, 5.41) is 2.74. The van der Waals surface area contributed by atoms with E-state index in [-0.39, 0.29) is 12.2 Å². The van der Waals surface area contributed by atoms with Gasteiger partial charge in [-0.05, 0) is 32.1 Å². The van der Waals surface area contributed by atoms with E-state index in [2.05, 4.69) is 17.5 Å². The molecule has 27 nitrogen and oxygen atoms in total. The number of hydrogen-bond acceptors (Lipinski definition) is 26. The Hall–Kier alpha value is -1.95. The van der Waals surface area contributed by atoms with Crippen molar-refractivity contribution in [3.05, 3.63) is 12.2 Å². The lowest BCUT2D eigenvalue weighted by atomic mass is 10.0. The van der Waals surface area contributed by atoms with Gasteiger partial charge in [-0.2, -0.15) is 0 Å². The number of hydrogen-bond donors (Lipinski definition) is 2. The second kappa shape index (κ2) is 73.5. The lowest BCUT2D eigenvalue weighted by Gasteiger charge is -2.18. The third-order valence-corrected chi connectivity index (χ3v) is 11.0. The first kappa shape index (κ1) is 80.1. The Bertz CT molecular complexity index is 1280. The topological polar surface area (TPSA) is 277 Å². The zero-order valence-electron chi connectivity index (χ0n) is 51.0. The molecular formula is C57H112N2O25. The first-order chi connectivity index (χ1) is 41.8. The fourth-order valence-electron chi connectivity index (χ4n) is 6.69. The molecule has 27 heteroatoms. The van der Waals surface area contributed by atoms with Crippen LogP contribution in [0, 0.1) is 0 Å². The minimum Gasteiger partial charge on any atom is -0.446 e. The summed E-state index contributed by atoms with van der Waals surface area (Å²) in [6.45, 7) is 23.3. The molecule has 0 aromatic carbocycles. The number of rotatable bonds is 72. The van der Waals surface area contributed by atoms with Crippen LogP contribution in [0.25, 0.3) is 0 Å². The number of carbonyl (C=O) groups is 1. The third-order valence-electron chi connectivity index (χ3n) is 11.0. The van der Waals surface area contributed by atoms with Crippen molar-refractivity contribution in [2.24, 2.45) is 5.73 Å². The van der Waals surface area contributed by atoms with E-state index in [0.717, 1.165) is 32.1 Å². The molecule has 1 amide bonds. The van der Waals surface area contributed by atoms with Crippen LogP contribution in [0.3, 0.4) is 0 Å². The van der Waals surface area contributed by atoms with Gasteiger partial charge < -0.3 is 125 Å². The summed E-state index contributed by atoms with van der Waals surface area (Å²) < 4.78 is 132. The van der Waals surface area contributed by atoms with Crippen LogP contribution in [-0.2, 0) is 114 Å². The molecule has 0 radical (unpaired) electrons. The summed E-state index contributed by atoms with van der Waals surface area (Å²) in [6, 6.07) is 0. The van der Waals surface area contributed by atoms with Crippen molar-refractivity contribution >= 4 is 6.09 Å². The zero-order valence-corrected chi connectivity index (χ0v) is 51.0. The Morgan fingerprint density at radius 2 is 0.464 bits per heavy atom. The normalized spacial score (nSPS) is 14.1. The van der Waals surface area contributed by atoms with Gasteiger partial charge in [-0.15, -0.1) is 0 Å². The molecule has 0 heterocycles. The lowest BCUT2D eigenvalue weighted by Crippen LogP contribution is -2.31. The van der Waals surface area contributed by atoms with Crippen molar-refractivity contribution in [1.82, 2.24) is 5.32 Å². The quantitative estimate of drug-likeness (QED) is 0.0650. The number of nitrogens with two attached hydrogens (primary N) is 1. The van der Waals surface area contributed by atoms with E-state index < -0.39 is 0 Å². The van der Waals surface area contributed by atoms with Gasteiger partial charge in [0, 0.05) is 13.1 Å². The molecule has 3 N–H and O–H groups in total. The highest BCUT2D eigenvalue weighted by molar-refractivity contribution is 5.67. The second-order valence-electron chi connectivity index (χ2n) is 17.8. The van der Waals surface area contributed by atoms with Gasteiger partial charge >= 0.3 is 6.09 Å². The van der Waals surface area contributed by atoms with E-state index in [9.17, 15) is 4.79 Å². The van der Waals surface area contributed by atoms with Crippen molar-refractivity contribution in [3.8, 4) is 0 Å². The molecule has 0 fully saturated rings. The number of carbonyl (C=O) groups excluding carboxylic acids is 1.